The molecule has 0 bridgehead atoms. The van der Waals surface area contributed by atoms with E-state index >= 15 is 0 Å². The fourth-order valence-electron chi connectivity index (χ4n) is 2.83. The van der Waals surface area contributed by atoms with Crippen LogP contribution >= 0.6 is 0 Å². The molecule has 0 unspecified atom stereocenters. The van der Waals surface area contributed by atoms with Crippen LogP contribution in [0.1, 0.15) is 19.3 Å². The summed E-state index contributed by atoms with van der Waals surface area (Å²) in [4.78, 5) is 6.76. The molecule has 0 spiro atoms. The maximum atomic E-state index is 5.31. The molecule has 0 atom stereocenters. The molecule has 0 saturated carbocycles. The van der Waals surface area contributed by atoms with Gasteiger partial charge in [-0.1, -0.05) is 6.42 Å². The predicted molar refractivity (Wildman–Crippen MR) is 82.3 cm³/mol. The minimum Gasteiger partial charge on any atom is -0.481 e. The zero-order valence-electron chi connectivity index (χ0n) is 12.5. The molecule has 0 aliphatic carbocycles. The first-order chi connectivity index (χ1) is 10.4. The number of likely N-dealkylation sites (tertiary alicyclic amines) is 1. The predicted octanol–water partition coefficient (Wildman–Crippen LogP) is 2.44. The molecule has 1 aliphatic rings. The van der Waals surface area contributed by atoms with Crippen LogP contribution in [0, 0.1) is 0 Å². The minimum atomic E-state index is 0.646. The van der Waals surface area contributed by atoms with Gasteiger partial charge in [-0.3, -0.25) is 4.68 Å². The van der Waals surface area contributed by atoms with E-state index in [2.05, 4.69) is 21.2 Å². The highest BCUT2D eigenvalue weighted by Crippen LogP contribution is 2.26. The molecule has 1 saturated heterocycles. The first-order valence-corrected chi connectivity index (χ1v) is 7.61. The number of ether oxygens (including phenoxy) is 1. The third kappa shape index (κ3) is 3.42. The van der Waals surface area contributed by atoms with Crippen LogP contribution in [0.3, 0.4) is 0 Å². The van der Waals surface area contributed by atoms with Gasteiger partial charge in [-0.15, -0.1) is 0 Å². The van der Waals surface area contributed by atoms with E-state index in [1.54, 1.807) is 13.3 Å². The summed E-state index contributed by atoms with van der Waals surface area (Å²) in [5.41, 5.74) is 2.04. The van der Waals surface area contributed by atoms with Gasteiger partial charge in [0.15, 0.2) is 0 Å². The van der Waals surface area contributed by atoms with E-state index < -0.39 is 0 Å². The number of pyridine rings is 1. The maximum Gasteiger partial charge on any atom is 0.221 e. The lowest BCUT2D eigenvalue weighted by Gasteiger charge is -2.26. The van der Waals surface area contributed by atoms with Crippen LogP contribution in [-0.4, -0.2) is 46.4 Å². The minimum absolute atomic E-state index is 0.646. The molecule has 2 aromatic heterocycles. The molecule has 3 rings (SSSR count). The van der Waals surface area contributed by atoms with Crippen molar-refractivity contribution in [3.63, 3.8) is 0 Å². The van der Waals surface area contributed by atoms with Gasteiger partial charge in [0.25, 0.3) is 0 Å². The van der Waals surface area contributed by atoms with Crippen molar-refractivity contribution in [2.45, 2.75) is 25.8 Å². The van der Waals surface area contributed by atoms with Gasteiger partial charge in [-0.2, -0.15) is 5.10 Å². The largest absolute Gasteiger partial charge is 0.481 e. The number of nitrogens with zero attached hydrogens (tertiary/aromatic N) is 4. The van der Waals surface area contributed by atoms with Gasteiger partial charge in [-0.25, -0.2) is 4.98 Å². The number of methoxy groups -OCH3 is 1. The third-order valence-electron chi connectivity index (χ3n) is 4.00. The second-order valence-electron chi connectivity index (χ2n) is 5.45. The molecule has 5 heteroatoms. The van der Waals surface area contributed by atoms with E-state index in [1.807, 2.05) is 23.0 Å². The maximum absolute atomic E-state index is 5.31. The Morgan fingerprint density at radius 3 is 2.86 bits per heavy atom. The Labute approximate surface area is 125 Å². The van der Waals surface area contributed by atoms with Gasteiger partial charge in [-0.05, 0) is 38.1 Å². The molecule has 5 nitrogen and oxygen atoms in total. The lowest BCUT2D eigenvalue weighted by molar-refractivity contribution is 0.218. The fraction of sp³-hybridized carbons (Fsp3) is 0.500. The van der Waals surface area contributed by atoms with Gasteiger partial charge in [0.05, 0.1) is 19.9 Å². The van der Waals surface area contributed by atoms with Crippen molar-refractivity contribution in [1.82, 2.24) is 19.7 Å². The van der Waals surface area contributed by atoms with Crippen LogP contribution in [0.25, 0.3) is 11.1 Å². The zero-order valence-corrected chi connectivity index (χ0v) is 12.5. The van der Waals surface area contributed by atoms with Gasteiger partial charge in [0.2, 0.25) is 5.88 Å². The monoisotopic (exact) mass is 286 g/mol. The van der Waals surface area contributed by atoms with E-state index in [4.69, 9.17) is 4.74 Å². The Bertz CT molecular complexity index is 575. The van der Waals surface area contributed by atoms with Crippen LogP contribution in [0.4, 0.5) is 0 Å². The van der Waals surface area contributed by atoms with E-state index in [9.17, 15) is 0 Å². The molecule has 21 heavy (non-hydrogen) atoms. The highest BCUT2D eigenvalue weighted by molar-refractivity contribution is 5.66. The molecule has 112 valence electrons. The summed E-state index contributed by atoms with van der Waals surface area (Å²) in [6.07, 6.45) is 9.74. The number of piperidine rings is 1. The summed E-state index contributed by atoms with van der Waals surface area (Å²) in [7, 11) is 1.65. The van der Waals surface area contributed by atoms with Crippen LogP contribution in [-0.2, 0) is 6.54 Å². The lowest BCUT2D eigenvalue weighted by atomic mass is 10.1. The van der Waals surface area contributed by atoms with Crippen molar-refractivity contribution < 1.29 is 4.74 Å². The van der Waals surface area contributed by atoms with Crippen LogP contribution in [0.15, 0.2) is 30.7 Å². The summed E-state index contributed by atoms with van der Waals surface area (Å²) < 4.78 is 7.32. The summed E-state index contributed by atoms with van der Waals surface area (Å²) in [6, 6.07) is 3.93. The van der Waals surface area contributed by atoms with Crippen molar-refractivity contribution in [3.8, 4) is 17.0 Å². The summed E-state index contributed by atoms with van der Waals surface area (Å²) in [5.74, 6) is 0.646. The molecule has 3 heterocycles. The first-order valence-electron chi connectivity index (χ1n) is 7.61. The number of aromatic nitrogens is 3. The summed E-state index contributed by atoms with van der Waals surface area (Å²) in [5, 5.41) is 4.46. The Balaban J connectivity index is 1.65. The molecule has 0 radical (unpaired) electrons. The fourth-order valence-corrected chi connectivity index (χ4v) is 2.83. The number of rotatable bonds is 5. The number of hydrogen-bond donors (Lipinski definition) is 0. The lowest BCUT2D eigenvalue weighted by Crippen LogP contribution is -2.32. The van der Waals surface area contributed by atoms with Gasteiger partial charge < -0.3 is 9.64 Å². The van der Waals surface area contributed by atoms with Crippen molar-refractivity contribution in [3.05, 3.63) is 30.7 Å². The second-order valence-corrected chi connectivity index (χ2v) is 5.45. The standard InChI is InChI=1S/C16H22N4O/c1-21-16-15(6-5-7-17-16)14-12-18-20(13-14)11-10-19-8-3-2-4-9-19/h5-7,12-13H,2-4,8-11H2,1H3. The van der Waals surface area contributed by atoms with Crippen LogP contribution < -0.4 is 4.74 Å². The third-order valence-corrected chi connectivity index (χ3v) is 4.00. The van der Waals surface area contributed by atoms with Gasteiger partial charge in [0.1, 0.15) is 0 Å². The van der Waals surface area contributed by atoms with Crippen molar-refractivity contribution >= 4 is 0 Å². The molecule has 0 amide bonds. The highest BCUT2D eigenvalue weighted by atomic mass is 16.5. The van der Waals surface area contributed by atoms with Crippen molar-refractivity contribution in [1.29, 1.82) is 0 Å². The van der Waals surface area contributed by atoms with Gasteiger partial charge in [0, 0.05) is 30.1 Å². The van der Waals surface area contributed by atoms with E-state index in [-0.39, 0.29) is 0 Å². The molecular weight excluding hydrogens is 264 g/mol. The molecular formula is C16H22N4O. The normalized spacial score (nSPS) is 16.0. The average molecular weight is 286 g/mol. The second kappa shape index (κ2) is 6.72. The van der Waals surface area contributed by atoms with Crippen LogP contribution in [0.2, 0.25) is 0 Å². The molecule has 0 aromatic carbocycles. The highest BCUT2D eigenvalue weighted by Gasteiger charge is 2.11. The Hall–Kier alpha value is -1.88. The Morgan fingerprint density at radius 2 is 2.05 bits per heavy atom. The summed E-state index contributed by atoms with van der Waals surface area (Å²) in [6.45, 7) is 4.46. The summed E-state index contributed by atoms with van der Waals surface area (Å²) >= 11 is 0. The number of hydrogen-bond acceptors (Lipinski definition) is 4. The van der Waals surface area contributed by atoms with Crippen molar-refractivity contribution in [2.75, 3.05) is 26.7 Å². The first kappa shape index (κ1) is 14.1. The van der Waals surface area contributed by atoms with E-state index in [0.717, 1.165) is 24.2 Å². The van der Waals surface area contributed by atoms with Crippen molar-refractivity contribution in [2.24, 2.45) is 0 Å². The smallest absolute Gasteiger partial charge is 0.221 e. The molecule has 1 aliphatic heterocycles. The Kier molecular flexibility index (Phi) is 4.50. The molecule has 0 N–H and O–H groups in total. The van der Waals surface area contributed by atoms with Gasteiger partial charge >= 0.3 is 0 Å². The van der Waals surface area contributed by atoms with Crippen LogP contribution in [0.5, 0.6) is 5.88 Å². The molecule has 1 fully saturated rings. The SMILES string of the molecule is COc1ncccc1-c1cnn(CCN2CCCCC2)c1. The van der Waals surface area contributed by atoms with E-state index in [0.29, 0.717) is 5.88 Å². The molecule has 2 aromatic rings. The quantitative estimate of drug-likeness (QED) is 0.847. The zero-order chi connectivity index (χ0) is 14.5. The van der Waals surface area contributed by atoms with E-state index in [1.165, 1.54) is 32.4 Å². The Morgan fingerprint density at radius 1 is 1.19 bits per heavy atom. The topological polar surface area (TPSA) is 43.2 Å². The average Bonchev–Trinajstić information content (AvgIpc) is 3.02.